The lowest BCUT2D eigenvalue weighted by molar-refractivity contribution is 0.472. The SMILES string of the molecule is CCCCCN(CC)SC=O. The van der Waals surface area contributed by atoms with Gasteiger partial charge in [-0.05, 0) is 18.4 Å². The lowest BCUT2D eigenvalue weighted by Gasteiger charge is -2.14. The summed E-state index contributed by atoms with van der Waals surface area (Å²) >= 11 is 1.28. The van der Waals surface area contributed by atoms with Gasteiger partial charge in [0.25, 0.3) is 0 Å². The number of hydrogen-bond acceptors (Lipinski definition) is 3. The van der Waals surface area contributed by atoms with Crippen molar-refractivity contribution in [3.05, 3.63) is 0 Å². The maximum absolute atomic E-state index is 10.1. The molecule has 0 atom stereocenters. The number of unbranched alkanes of at least 4 members (excludes halogenated alkanes) is 2. The van der Waals surface area contributed by atoms with E-state index < -0.39 is 0 Å². The molecule has 0 N–H and O–H groups in total. The molecule has 3 heteroatoms. The van der Waals surface area contributed by atoms with Crippen LogP contribution >= 0.6 is 11.9 Å². The molecule has 0 aliphatic rings. The summed E-state index contributed by atoms with van der Waals surface area (Å²) in [5.74, 6) is 0. The summed E-state index contributed by atoms with van der Waals surface area (Å²) in [6.45, 7) is 6.24. The van der Waals surface area contributed by atoms with Crippen LogP contribution in [0.2, 0.25) is 0 Å². The molecule has 0 aromatic carbocycles. The molecule has 0 spiro atoms. The lowest BCUT2D eigenvalue weighted by Crippen LogP contribution is -2.16. The first kappa shape index (κ1) is 11.0. The Kier molecular flexibility index (Phi) is 8.07. The standard InChI is InChI=1S/C8H17NOS/c1-3-5-6-7-9(4-2)11-8-10/h8H,3-7H2,1-2H3. The van der Waals surface area contributed by atoms with Crippen molar-refractivity contribution >= 4 is 17.6 Å². The number of nitrogens with zero attached hydrogens (tertiary/aromatic N) is 1. The molecule has 0 heterocycles. The molecule has 2 nitrogen and oxygen atoms in total. The van der Waals surface area contributed by atoms with Crippen LogP contribution in [0.25, 0.3) is 0 Å². The normalized spacial score (nSPS) is 10.5. The predicted octanol–water partition coefficient (Wildman–Crippen LogP) is 2.34. The molecular formula is C8H17NOS. The first-order valence-electron chi connectivity index (χ1n) is 4.20. The zero-order valence-electron chi connectivity index (χ0n) is 7.38. The third-order valence-electron chi connectivity index (χ3n) is 1.56. The Morgan fingerprint density at radius 1 is 1.36 bits per heavy atom. The Morgan fingerprint density at radius 2 is 2.09 bits per heavy atom. The highest BCUT2D eigenvalue weighted by Gasteiger charge is 1.99. The van der Waals surface area contributed by atoms with Gasteiger partial charge < -0.3 is 0 Å². The molecule has 0 saturated carbocycles. The largest absolute Gasteiger partial charge is 0.290 e. The van der Waals surface area contributed by atoms with E-state index in [0.29, 0.717) is 0 Å². The highest BCUT2D eigenvalue weighted by atomic mass is 32.2. The fourth-order valence-electron chi connectivity index (χ4n) is 0.884. The first-order valence-corrected chi connectivity index (χ1v) is 5.04. The summed E-state index contributed by atoms with van der Waals surface area (Å²) in [4.78, 5) is 10.1. The summed E-state index contributed by atoms with van der Waals surface area (Å²) in [6, 6.07) is 0. The van der Waals surface area contributed by atoms with E-state index >= 15 is 0 Å². The van der Waals surface area contributed by atoms with Crippen LogP contribution in [0.15, 0.2) is 0 Å². The zero-order valence-corrected chi connectivity index (χ0v) is 8.19. The van der Waals surface area contributed by atoms with Gasteiger partial charge in [0.05, 0.1) is 0 Å². The van der Waals surface area contributed by atoms with E-state index in [0.717, 1.165) is 18.7 Å². The second-order valence-electron chi connectivity index (χ2n) is 2.43. The van der Waals surface area contributed by atoms with E-state index in [9.17, 15) is 4.79 Å². The average Bonchev–Trinajstić information content (AvgIpc) is 2.03. The molecule has 0 aromatic heterocycles. The Morgan fingerprint density at radius 3 is 2.55 bits per heavy atom. The molecule has 0 aliphatic carbocycles. The van der Waals surface area contributed by atoms with Crippen molar-refractivity contribution in [3.8, 4) is 0 Å². The quantitative estimate of drug-likeness (QED) is 0.336. The van der Waals surface area contributed by atoms with Crippen LogP contribution < -0.4 is 0 Å². The summed E-state index contributed by atoms with van der Waals surface area (Å²) in [7, 11) is 0. The van der Waals surface area contributed by atoms with Crippen LogP contribution in [0.5, 0.6) is 0 Å². The smallest absolute Gasteiger partial charge is 0.191 e. The molecule has 0 bridgehead atoms. The molecule has 0 fully saturated rings. The van der Waals surface area contributed by atoms with Crippen LogP contribution in [0.4, 0.5) is 0 Å². The summed E-state index contributed by atoms with van der Waals surface area (Å²) in [6.07, 6.45) is 3.70. The third kappa shape index (κ3) is 6.38. The number of carbonyl (C=O) groups is 1. The first-order chi connectivity index (χ1) is 5.35. The van der Waals surface area contributed by atoms with Gasteiger partial charge in [0.2, 0.25) is 0 Å². The summed E-state index contributed by atoms with van der Waals surface area (Å²) in [5.41, 5.74) is 0.898. The van der Waals surface area contributed by atoms with Gasteiger partial charge in [-0.25, -0.2) is 4.31 Å². The van der Waals surface area contributed by atoms with E-state index in [1.54, 1.807) is 0 Å². The fourth-order valence-corrected chi connectivity index (χ4v) is 1.39. The maximum atomic E-state index is 10.1. The van der Waals surface area contributed by atoms with Crippen LogP contribution in [-0.4, -0.2) is 23.0 Å². The van der Waals surface area contributed by atoms with Crippen molar-refractivity contribution in [1.82, 2.24) is 4.31 Å². The third-order valence-corrected chi connectivity index (χ3v) is 2.38. The molecule has 0 saturated heterocycles. The van der Waals surface area contributed by atoms with E-state index in [4.69, 9.17) is 0 Å². The number of carbonyl (C=O) groups excluding carboxylic acids is 1. The van der Waals surface area contributed by atoms with Gasteiger partial charge in [0.15, 0.2) is 5.62 Å². The Bertz CT molecular complexity index is 98.1. The molecule has 0 rings (SSSR count). The van der Waals surface area contributed by atoms with Crippen molar-refractivity contribution in [2.75, 3.05) is 13.1 Å². The van der Waals surface area contributed by atoms with E-state index in [2.05, 4.69) is 18.2 Å². The fraction of sp³-hybridized carbons (Fsp3) is 0.875. The molecule has 0 amide bonds. The van der Waals surface area contributed by atoms with E-state index in [1.807, 2.05) is 0 Å². The van der Waals surface area contributed by atoms with Crippen LogP contribution in [0.3, 0.4) is 0 Å². The zero-order chi connectivity index (χ0) is 8.53. The Balaban J connectivity index is 3.27. The number of rotatable bonds is 7. The minimum Gasteiger partial charge on any atom is -0.290 e. The van der Waals surface area contributed by atoms with E-state index in [-0.39, 0.29) is 0 Å². The van der Waals surface area contributed by atoms with Crippen molar-refractivity contribution in [2.24, 2.45) is 0 Å². The molecule has 0 unspecified atom stereocenters. The minimum absolute atomic E-state index is 0.898. The van der Waals surface area contributed by atoms with Crippen molar-refractivity contribution in [3.63, 3.8) is 0 Å². The van der Waals surface area contributed by atoms with Gasteiger partial charge >= 0.3 is 0 Å². The number of hydrogen-bond donors (Lipinski definition) is 0. The lowest BCUT2D eigenvalue weighted by atomic mass is 10.2. The van der Waals surface area contributed by atoms with Gasteiger partial charge in [0, 0.05) is 13.1 Å². The second kappa shape index (κ2) is 8.08. The maximum Gasteiger partial charge on any atom is 0.191 e. The van der Waals surface area contributed by atoms with Crippen LogP contribution in [-0.2, 0) is 4.79 Å². The molecule has 0 radical (unpaired) electrons. The summed E-state index contributed by atoms with van der Waals surface area (Å²) < 4.78 is 2.09. The molecule has 11 heavy (non-hydrogen) atoms. The highest BCUT2D eigenvalue weighted by Crippen LogP contribution is 2.07. The van der Waals surface area contributed by atoms with Crippen LogP contribution in [0.1, 0.15) is 33.1 Å². The molecule has 0 aliphatic heterocycles. The van der Waals surface area contributed by atoms with E-state index in [1.165, 1.54) is 31.2 Å². The van der Waals surface area contributed by atoms with Gasteiger partial charge in [-0.3, -0.25) is 4.79 Å². The van der Waals surface area contributed by atoms with Crippen molar-refractivity contribution in [1.29, 1.82) is 0 Å². The molecular weight excluding hydrogens is 158 g/mol. The average molecular weight is 175 g/mol. The summed E-state index contributed by atoms with van der Waals surface area (Å²) in [5, 5.41) is 0. The highest BCUT2D eigenvalue weighted by molar-refractivity contribution is 8.09. The van der Waals surface area contributed by atoms with Crippen LogP contribution in [0, 0.1) is 0 Å². The molecule has 66 valence electrons. The van der Waals surface area contributed by atoms with Crippen molar-refractivity contribution < 1.29 is 4.79 Å². The Hall–Kier alpha value is -0.0200. The van der Waals surface area contributed by atoms with Crippen molar-refractivity contribution in [2.45, 2.75) is 33.1 Å². The second-order valence-corrected chi connectivity index (χ2v) is 3.35. The minimum atomic E-state index is 0.898. The van der Waals surface area contributed by atoms with Gasteiger partial charge in [-0.2, -0.15) is 0 Å². The monoisotopic (exact) mass is 175 g/mol. The van der Waals surface area contributed by atoms with Gasteiger partial charge in [-0.15, -0.1) is 0 Å². The predicted molar refractivity (Wildman–Crippen MR) is 51.1 cm³/mol. The molecule has 0 aromatic rings. The Labute approximate surface area is 73.5 Å². The topological polar surface area (TPSA) is 20.3 Å². The van der Waals surface area contributed by atoms with Gasteiger partial charge in [-0.1, -0.05) is 26.7 Å². The van der Waals surface area contributed by atoms with Gasteiger partial charge in [0.1, 0.15) is 0 Å².